The largest absolute Gasteiger partial charge is 0.377 e. The van der Waals surface area contributed by atoms with Crippen molar-refractivity contribution in [1.29, 1.82) is 0 Å². The average molecular weight is 300 g/mol. The Morgan fingerprint density at radius 2 is 2.15 bits per heavy atom. The molecule has 1 heterocycles. The summed E-state index contributed by atoms with van der Waals surface area (Å²) in [7, 11) is -3.94. The van der Waals surface area contributed by atoms with Crippen LogP contribution in [0.2, 0.25) is 0 Å². The first-order valence-electron chi connectivity index (χ1n) is 6.29. The van der Waals surface area contributed by atoms with E-state index in [4.69, 9.17) is 4.74 Å². The molecule has 1 aliphatic rings. The molecule has 1 fully saturated rings. The highest BCUT2D eigenvalue weighted by Gasteiger charge is 2.30. The summed E-state index contributed by atoms with van der Waals surface area (Å²) in [6.45, 7) is 2.31. The van der Waals surface area contributed by atoms with Gasteiger partial charge in [-0.15, -0.1) is 0 Å². The average Bonchev–Trinajstić information content (AvgIpc) is 2.92. The Labute approximate surface area is 117 Å². The third-order valence-corrected chi connectivity index (χ3v) is 4.82. The summed E-state index contributed by atoms with van der Waals surface area (Å²) in [6, 6.07) is 4.86. The van der Waals surface area contributed by atoms with Gasteiger partial charge in [0.1, 0.15) is 0 Å². The second-order valence-corrected chi connectivity index (χ2v) is 6.37. The Balaban J connectivity index is 2.24. The number of nitrogens with zero attached hydrogens (tertiary/aromatic N) is 1. The quantitative estimate of drug-likeness (QED) is 0.655. The molecule has 20 heavy (non-hydrogen) atoms. The zero-order valence-corrected chi connectivity index (χ0v) is 11.8. The molecule has 0 bridgehead atoms. The summed E-state index contributed by atoms with van der Waals surface area (Å²) in [5.41, 5.74) is -0.431. The fourth-order valence-corrected chi connectivity index (χ4v) is 3.66. The van der Waals surface area contributed by atoms with Crippen molar-refractivity contribution in [1.82, 2.24) is 4.72 Å². The molecule has 1 aliphatic heterocycles. The van der Waals surface area contributed by atoms with E-state index in [0.29, 0.717) is 6.61 Å². The van der Waals surface area contributed by atoms with Crippen molar-refractivity contribution in [2.45, 2.75) is 36.8 Å². The molecule has 110 valence electrons. The lowest BCUT2D eigenvalue weighted by atomic mass is 10.1. The number of nitrogens with one attached hydrogen (secondary N) is 1. The van der Waals surface area contributed by atoms with Crippen LogP contribution >= 0.6 is 0 Å². The maximum atomic E-state index is 12.3. The van der Waals surface area contributed by atoms with E-state index in [-0.39, 0.29) is 11.0 Å². The van der Waals surface area contributed by atoms with Gasteiger partial charge >= 0.3 is 0 Å². The number of nitro benzene ring substituents is 1. The molecule has 1 N–H and O–H groups in total. The van der Waals surface area contributed by atoms with E-state index in [0.717, 1.165) is 12.8 Å². The lowest BCUT2D eigenvalue weighted by molar-refractivity contribution is -0.387. The van der Waals surface area contributed by atoms with Crippen LogP contribution in [0.25, 0.3) is 0 Å². The molecule has 7 nitrogen and oxygen atoms in total. The van der Waals surface area contributed by atoms with E-state index < -0.39 is 26.7 Å². The summed E-state index contributed by atoms with van der Waals surface area (Å²) in [5, 5.41) is 10.9. The highest BCUT2D eigenvalue weighted by molar-refractivity contribution is 7.89. The number of hydrogen-bond acceptors (Lipinski definition) is 5. The van der Waals surface area contributed by atoms with Gasteiger partial charge in [-0.3, -0.25) is 10.1 Å². The van der Waals surface area contributed by atoms with Crippen molar-refractivity contribution in [3.05, 3.63) is 34.4 Å². The molecular weight excluding hydrogens is 284 g/mol. The number of rotatable bonds is 5. The van der Waals surface area contributed by atoms with Crippen LogP contribution in [0.5, 0.6) is 0 Å². The normalized spacial score (nSPS) is 20.8. The third kappa shape index (κ3) is 3.14. The SMILES string of the molecule is C[C@@H](NS(=O)(=O)c1ccccc1[N+](=O)[O-])[C@H]1CCCO1. The van der Waals surface area contributed by atoms with Crippen LogP contribution in [-0.2, 0) is 14.8 Å². The molecule has 8 heteroatoms. The van der Waals surface area contributed by atoms with Crippen LogP contribution in [0.3, 0.4) is 0 Å². The number of para-hydroxylation sites is 1. The molecule has 1 saturated heterocycles. The standard InChI is InChI=1S/C12H16N2O5S/c1-9(11-6-4-8-19-11)13-20(17,18)12-7-3-2-5-10(12)14(15)16/h2-3,5,7,9,11,13H,4,6,8H2,1H3/t9-,11-/m1/s1. The summed E-state index contributed by atoms with van der Waals surface area (Å²) >= 11 is 0. The fourth-order valence-electron chi connectivity index (χ4n) is 2.22. The van der Waals surface area contributed by atoms with E-state index in [1.165, 1.54) is 24.3 Å². The molecule has 1 aromatic carbocycles. The van der Waals surface area contributed by atoms with Gasteiger partial charge in [-0.1, -0.05) is 12.1 Å². The van der Waals surface area contributed by atoms with Crippen molar-refractivity contribution in [3.63, 3.8) is 0 Å². The first-order valence-corrected chi connectivity index (χ1v) is 7.77. The van der Waals surface area contributed by atoms with Gasteiger partial charge in [0.2, 0.25) is 10.0 Å². The maximum absolute atomic E-state index is 12.3. The molecule has 0 radical (unpaired) electrons. The minimum absolute atomic E-state index is 0.187. The van der Waals surface area contributed by atoms with Gasteiger partial charge in [0.15, 0.2) is 4.90 Å². The summed E-state index contributed by atoms with van der Waals surface area (Å²) < 4.78 is 32.4. The van der Waals surface area contributed by atoms with Crippen molar-refractivity contribution in [3.8, 4) is 0 Å². The second-order valence-electron chi connectivity index (χ2n) is 4.69. The Morgan fingerprint density at radius 3 is 2.75 bits per heavy atom. The zero-order chi connectivity index (χ0) is 14.8. The second kappa shape index (κ2) is 5.86. The maximum Gasteiger partial charge on any atom is 0.289 e. The molecule has 0 aliphatic carbocycles. The van der Waals surface area contributed by atoms with E-state index in [1.807, 2.05) is 0 Å². The molecule has 0 spiro atoms. The number of benzene rings is 1. The molecular formula is C12H16N2O5S. The van der Waals surface area contributed by atoms with Gasteiger partial charge < -0.3 is 4.74 Å². The van der Waals surface area contributed by atoms with Crippen LogP contribution in [0.1, 0.15) is 19.8 Å². The smallest absolute Gasteiger partial charge is 0.289 e. The van der Waals surface area contributed by atoms with Gasteiger partial charge in [-0.2, -0.15) is 0 Å². The van der Waals surface area contributed by atoms with Crippen LogP contribution in [0.4, 0.5) is 5.69 Å². The van der Waals surface area contributed by atoms with Gasteiger partial charge in [0, 0.05) is 18.7 Å². The molecule has 0 unspecified atom stereocenters. The molecule has 2 atom stereocenters. The topological polar surface area (TPSA) is 98.5 Å². The Kier molecular flexibility index (Phi) is 4.36. The number of hydrogen-bond donors (Lipinski definition) is 1. The lowest BCUT2D eigenvalue weighted by Gasteiger charge is -2.19. The summed E-state index contributed by atoms with van der Waals surface area (Å²) in [4.78, 5) is 9.87. The van der Waals surface area contributed by atoms with Gasteiger partial charge in [-0.05, 0) is 25.8 Å². The molecule has 0 aromatic heterocycles. The minimum atomic E-state index is -3.94. The molecule has 1 aromatic rings. The summed E-state index contributed by atoms with van der Waals surface area (Å²) in [6.07, 6.45) is 1.48. The van der Waals surface area contributed by atoms with E-state index >= 15 is 0 Å². The number of sulfonamides is 1. The van der Waals surface area contributed by atoms with Crippen LogP contribution < -0.4 is 4.72 Å². The van der Waals surface area contributed by atoms with Crippen LogP contribution in [0.15, 0.2) is 29.2 Å². The number of ether oxygens (including phenoxy) is 1. The van der Waals surface area contributed by atoms with E-state index in [9.17, 15) is 18.5 Å². The Hall–Kier alpha value is -1.51. The molecule has 0 amide bonds. The third-order valence-electron chi connectivity index (χ3n) is 3.22. The van der Waals surface area contributed by atoms with Gasteiger partial charge in [-0.25, -0.2) is 13.1 Å². The van der Waals surface area contributed by atoms with E-state index in [1.54, 1.807) is 6.92 Å². The van der Waals surface area contributed by atoms with Crippen LogP contribution in [-0.4, -0.2) is 32.1 Å². The van der Waals surface area contributed by atoms with Crippen molar-refractivity contribution < 1.29 is 18.1 Å². The Bertz CT molecular complexity index is 596. The van der Waals surface area contributed by atoms with Crippen molar-refractivity contribution >= 4 is 15.7 Å². The van der Waals surface area contributed by atoms with Crippen LogP contribution in [0, 0.1) is 10.1 Å². The Morgan fingerprint density at radius 1 is 1.45 bits per heavy atom. The number of nitro groups is 1. The van der Waals surface area contributed by atoms with Crippen molar-refractivity contribution in [2.24, 2.45) is 0 Å². The van der Waals surface area contributed by atoms with Gasteiger partial charge in [0.25, 0.3) is 5.69 Å². The minimum Gasteiger partial charge on any atom is -0.377 e. The zero-order valence-electron chi connectivity index (χ0n) is 11.0. The highest BCUT2D eigenvalue weighted by atomic mass is 32.2. The predicted octanol–water partition coefficient (Wildman–Crippen LogP) is 1.44. The van der Waals surface area contributed by atoms with E-state index in [2.05, 4.69) is 4.72 Å². The first kappa shape index (κ1) is 14.9. The first-order chi connectivity index (χ1) is 9.42. The highest BCUT2D eigenvalue weighted by Crippen LogP contribution is 2.24. The summed E-state index contributed by atoms with van der Waals surface area (Å²) in [5.74, 6) is 0. The van der Waals surface area contributed by atoms with Crippen molar-refractivity contribution in [2.75, 3.05) is 6.61 Å². The lowest BCUT2D eigenvalue weighted by Crippen LogP contribution is -2.40. The fraction of sp³-hybridized carbons (Fsp3) is 0.500. The molecule has 0 saturated carbocycles. The predicted molar refractivity (Wildman–Crippen MR) is 71.9 cm³/mol. The monoisotopic (exact) mass is 300 g/mol. The van der Waals surface area contributed by atoms with Gasteiger partial charge in [0.05, 0.1) is 11.0 Å². The molecule has 2 rings (SSSR count).